The largest absolute Gasteiger partial charge is 0.507 e. The summed E-state index contributed by atoms with van der Waals surface area (Å²) in [7, 11) is 0. The van der Waals surface area contributed by atoms with Crippen molar-refractivity contribution >= 4 is 6.29 Å². The summed E-state index contributed by atoms with van der Waals surface area (Å²) in [6.45, 7) is -0.231. The molecule has 0 saturated heterocycles. The first kappa shape index (κ1) is 17.2. The first-order chi connectivity index (χ1) is 13.1. The summed E-state index contributed by atoms with van der Waals surface area (Å²) >= 11 is 0. The molecule has 138 valence electrons. The Bertz CT molecular complexity index is 1010. The second-order valence-corrected chi connectivity index (χ2v) is 6.65. The third-order valence-electron chi connectivity index (χ3n) is 5.09. The highest BCUT2D eigenvalue weighted by Gasteiger charge is 2.24. The monoisotopic (exact) mass is 365 g/mol. The molecule has 2 aromatic heterocycles. The van der Waals surface area contributed by atoms with E-state index in [0.717, 1.165) is 18.5 Å². The minimum Gasteiger partial charge on any atom is -0.507 e. The Kier molecular flexibility index (Phi) is 4.37. The number of carbonyl (C=O) groups is 1. The number of aliphatic hydroxyl groups is 1. The molecule has 4 rings (SSSR count). The van der Waals surface area contributed by atoms with E-state index in [0.29, 0.717) is 34.7 Å². The lowest BCUT2D eigenvalue weighted by atomic mass is 9.93. The molecule has 27 heavy (non-hydrogen) atoms. The smallest absolute Gasteiger partial charge is 0.157 e. The second-order valence-electron chi connectivity index (χ2n) is 6.65. The van der Waals surface area contributed by atoms with Gasteiger partial charge < -0.3 is 15.3 Å². The van der Waals surface area contributed by atoms with Crippen LogP contribution in [0.3, 0.4) is 0 Å². The van der Waals surface area contributed by atoms with Crippen molar-refractivity contribution in [2.45, 2.75) is 31.9 Å². The molecule has 0 aliphatic heterocycles. The van der Waals surface area contributed by atoms with Crippen LogP contribution in [0.15, 0.2) is 36.7 Å². The maximum absolute atomic E-state index is 11.1. The molecule has 1 fully saturated rings. The number of phenolic OH excluding ortho intramolecular Hbond substituents is 2. The second kappa shape index (κ2) is 6.85. The third kappa shape index (κ3) is 2.86. The number of aromatic nitrogens is 3. The minimum atomic E-state index is -0.317. The lowest BCUT2D eigenvalue weighted by molar-refractivity contribution is 0.111. The van der Waals surface area contributed by atoms with Crippen LogP contribution in [0.4, 0.5) is 0 Å². The first-order valence-electron chi connectivity index (χ1n) is 8.78. The van der Waals surface area contributed by atoms with Gasteiger partial charge in [0.15, 0.2) is 6.29 Å². The molecule has 3 N–H and O–H groups in total. The molecule has 1 aromatic carbocycles. The van der Waals surface area contributed by atoms with Crippen molar-refractivity contribution in [1.82, 2.24) is 14.8 Å². The van der Waals surface area contributed by atoms with E-state index in [1.54, 1.807) is 18.5 Å². The topological polar surface area (TPSA) is 108 Å². The van der Waals surface area contributed by atoms with E-state index in [9.17, 15) is 20.1 Å². The number of pyridine rings is 1. The van der Waals surface area contributed by atoms with Crippen LogP contribution in [0.25, 0.3) is 22.5 Å². The van der Waals surface area contributed by atoms with E-state index in [1.165, 1.54) is 18.6 Å². The molecule has 0 bridgehead atoms. The lowest BCUT2D eigenvalue weighted by Crippen LogP contribution is -2.19. The maximum atomic E-state index is 11.1. The van der Waals surface area contributed by atoms with Crippen LogP contribution in [0.1, 0.15) is 41.2 Å². The van der Waals surface area contributed by atoms with E-state index in [1.807, 2.05) is 10.7 Å². The van der Waals surface area contributed by atoms with Gasteiger partial charge in [-0.3, -0.25) is 14.5 Å². The van der Waals surface area contributed by atoms with Gasteiger partial charge in [0.05, 0.1) is 29.6 Å². The van der Waals surface area contributed by atoms with E-state index in [4.69, 9.17) is 0 Å². The van der Waals surface area contributed by atoms with E-state index < -0.39 is 0 Å². The minimum absolute atomic E-state index is 0.176. The lowest BCUT2D eigenvalue weighted by Gasteiger charge is -2.27. The number of aromatic hydroxyl groups is 2. The van der Waals surface area contributed by atoms with Gasteiger partial charge in [-0.15, -0.1) is 0 Å². The molecule has 0 atom stereocenters. The summed E-state index contributed by atoms with van der Waals surface area (Å²) < 4.78 is 1.95. The first-order valence-corrected chi connectivity index (χ1v) is 8.78. The maximum Gasteiger partial charge on any atom is 0.157 e. The molecule has 0 unspecified atom stereocenters. The summed E-state index contributed by atoms with van der Waals surface area (Å²) in [4.78, 5) is 15.6. The molecule has 1 aliphatic rings. The Balaban J connectivity index is 1.79. The molecule has 1 aliphatic carbocycles. The summed E-state index contributed by atoms with van der Waals surface area (Å²) in [6.07, 6.45) is 7.05. The fraction of sp³-hybridized carbons (Fsp3) is 0.250. The molecule has 0 amide bonds. The van der Waals surface area contributed by atoms with Crippen molar-refractivity contribution in [2.75, 3.05) is 0 Å². The number of nitrogens with zero attached hydrogens (tertiary/aromatic N) is 3. The fourth-order valence-corrected chi connectivity index (χ4v) is 3.38. The highest BCUT2D eigenvalue weighted by molar-refractivity contribution is 5.89. The van der Waals surface area contributed by atoms with Gasteiger partial charge in [-0.25, -0.2) is 0 Å². The van der Waals surface area contributed by atoms with Crippen molar-refractivity contribution in [3.05, 3.63) is 47.8 Å². The van der Waals surface area contributed by atoms with E-state index in [2.05, 4.69) is 10.1 Å². The molecular weight excluding hydrogens is 346 g/mol. The Morgan fingerprint density at radius 3 is 2.70 bits per heavy atom. The number of hydrogen-bond acceptors (Lipinski definition) is 6. The number of aldehydes is 1. The van der Waals surface area contributed by atoms with Gasteiger partial charge in [0.2, 0.25) is 0 Å². The number of benzene rings is 1. The van der Waals surface area contributed by atoms with Gasteiger partial charge in [0.25, 0.3) is 0 Å². The summed E-state index contributed by atoms with van der Waals surface area (Å²) in [5.74, 6) is -0.606. The Labute approximate surface area is 155 Å². The average molecular weight is 365 g/mol. The highest BCUT2D eigenvalue weighted by Crippen LogP contribution is 2.38. The zero-order valence-corrected chi connectivity index (χ0v) is 14.5. The number of phenols is 2. The van der Waals surface area contributed by atoms with Crippen LogP contribution in [0, 0.1) is 0 Å². The standard InChI is InChI=1S/C20H19N3O4/c24-10-13-8-12(15-4-5-18(26)16(11-25)20(15)27)9-21-19(13)17-6-7-22-23(17)14-2-1-3-14/h4-9,11,14,24,26-27H,1-3,10H2. The van der Waals surface area contributed by atoms with Crippen molar-refractivity contribution in [3.63, 3.8) is 0 Å². The van der Waals surface area contributed by atoms with Gasteiger partial charge in [0, 0.05) is 29.1 Å². The van der Waals surface area contributed by atoms with Crippen LogP contribution < -0.4 is 0 Å². The van der Waals surface area contributed by atoms with Crippen LogP contribution in [-0.4, -0.2) is 36.4 Å². The Morgan fingerprint density at radius 2 is 2.04 bits per heavy atom. The van der Waals surface area contributed by atoms with Crippen molar-refractivity contribution < 1.29 is 20.1 Å². The van der Waals surface area contributed by atoms with Gasteiger partial charge in [-0.1, -0.05) is 0 Å². The molecule has 3 aromatic rings. The van der Waals surface area contributed by atoms with E-state index >= 15 is 0 Å². The zero-order chi connectivity index (χ0) is 19.0. The summed E-state index contributed by atoms with van der Waals surface area (Å²) in [5.41, 5.74) is 2.80. The Hall–Kier alpha value is -3.19. The molecule has 7 heteroatoms. The number of aliphatic hydroxyl groups excluding tert-OH is 1. The fourth-order valence-electron chi connectivity index (χ4n) is 3.38. The highest BCUT2D eigenvalue weighted by atomic mass is 16.3. The number of rotatable bonds is 5. The van der Waals surface area contributed by atoms with Gasteiger partial charge in [-0.2, -0.15) is 5.10 Å². The van der Waals surface area contributed by atoms with Crippen molar-refractivity contribution in [3.8, 4) is 34.0 Å². The molecule has 2 heterocycles. The van der Waals surface area contributed by atoms with Crippen LogP contribution in [0.5, 0.6) is 11.5 Å². The summed E-state index contributed by atoms with van der Waals surface area (Å²) in [6, 6.07) is 6.81. The third-order valence-corrected chi connectivity index (χ3v) is 5.09. The number of carbonyl (C=O) groups excluding carboxylic acids is 1. The van der Waals surface area contributed by atoms with Gasteiger partial charge >= 0.3 is 0 Å². The SMILES string of the molecule is O=Cc1c(O)ccc(-c2cnc(-c3ccnn3C3CCC3)c(CO)c2)c1O. The predicted molar refractivity (Wildman–Crippen MR) is 98.4 cm³/mol. The molecule has 0 radical (unpaired) electrons. The Morgan fingerprint density at radius 1 is 1.22 bits per heavy atom. The quantitative estimate of drug-likeness (QED) is 0.600. The molecule has 7 nitrogen and oxygen atoms in total. The molecule has 0 spiro atoms. The molecular formula is C20H19N3O4. The van der Waals surface area contributed by atoms with Gasteiger partial charge in [-0.05, 0) is 43.5 Å². The van der Waals surface area contributed by atoms with Crippen LogP contribution in [-0.2, 0) is 6.61 Å². The van der Waals surface area contributed by atoms with Gasteiger partial charge in [0.1, 0.15) is 11.5 Å². The van der Waals surface area contributed by atoms with Crippen molar-refractivity contribution in [1.29, 1.82) is 0 Å². The normalized spacial score (nSPS) is 14.1. The average Bonchev–Trinajstić information content (AvgIpc) is 3.09. The zero-order valence-electron chi connectivity index (χ0n) is 14.5. The van der Waals surface area contributed by atoms with Crippen LogP contribution in [0.2, 0.25) is 0 Å². The van der Waals surface area contributed by atoms with Crippen LogP contribution >= 0.6 is 0 Å². The van der Waals surface area contributed by atoms with Crippen molar-refractivity contribution in [2.24, 2.45) is 0 Å². The predicted octanol–water partition coefficient (Wildman–Crippen LogP) is 3.05. The number of hydrogen-bond donors (Lipinski definition) is 3. The van der Waals surface area contributed by atoms with E-state index in [-0.39, 0.29) is 23.7 Å². The molecule has 1 saturated carbocycles. The summed E-state index contributed by atoms with van der Waals surface area (Å²) in [5, 5.41) is 34.3.